The number of piperazine rings is 1. The van der Waals surface area contributed by atoms with E-state index in [4.69, 9.17) is 0 Å². The minimum Gasteiger partial charge on any atom is -0.337 e. The van der Waals surface area contributed by atoms with Crippen molar-refractivity contribution in [3.05, 3.63) is 0 Å². The topological polar surface area (TPSA) is 57.7 Å². The van der Waals surface area contributed by atoms with Gasteiger partial charge in [0.2, 0.25) is 15.9 Å². The average molecular weight is 300 g/mol. The fourth-order valence-electron chi connectivity index (χ4n) is 3.97. The van der Waals surface area contributed by atoms with E-state index in [1.807, 2.05) is 4.90 Å². The first-order valence-electron chi connectivity index (χ1n) is 7.79. The van der Waals surface area contributed by atoms with Gasteiger partial charge in [0.1, 0.15) is 6.04 Å². The largest absolute Gasteiger partial charge is 0.337 e. The van der Waals surface area contributed by atoms with E-state index in [2.05, 4.69) is 0 Å². The van der Waals surface area contributed by atoms with Crippen molar-refractivity contribution >= 4 is 15.9 Å². The van der Waals surface area contributed by atoms with Crippen molar-refractivity contribution in [1.29, 1.82) is 0 Å². The lowest BCUT2D eigenvalue weighted by Crippen LogP contribution is -2.60. The first-order chi connectivity index (χ1) is 9.49. The van der Waals surface area contributed by atoms with Crippen LogP contribution in [0.3, 0.4) is 0 Å². The minimum atomic E-state index is -3.30. The predicted octanol–water partition coefficient (Wildman–Crippen LogP) is 1.20. The molecular weight excluding hydrogens is 276 g/mol. The summed E-state index contributed by atoms with van der Waals surface area (Å²) in [5.74, 6) is 0.523. The van der Waals surface area contributed by atoms with Gasteiger partial charge in [-0.15, -0.1) is 0 Å². The molecule has 5 nitrogen and oxygen atoms in total. The molecule has 0 unspecified atom stereocenters. The Bertz CT molecular complexity index is 485. The Labute approximate surface area is 121 Å². The molecule has 0 aromatic heterocycles. The third-order valence-electron chi connectivity index (χ3n) is 5.12. The Morgan fingerprint density at radius 1 is 1.15 bits per heavy atom. The molecule has 1 amide bonds. The average Bonchev–Trinajstić information content (AvgIpc) is 3.03. The highest BCUT2D eigenvalue weighted by atomic mass is 32.2. The zero-order valence-corrected chi connectivity index (χ0v) is 12.9. The molecule has 3 aliphatic rings. The van der Waals surface area contributed by atoms with Gasteiger partial charge in [-0.1, -0.05) is 12.8 Å². The van der Waals surface area contributed by atoms with Crippen LogP contribution in [-0.4, -0.2) is 54.5 Å². The van der Waals surface area contributed by atoms with Crippen LogP contribution in [0, 0.1) is 5.92 Å². The molecule has 114 valence electrons. The second-order valence-corrected chi connectivity index (χ2v) is 8.47. The molecule has 2 saturated heterocycles. The van der Waals surface area contributed by atoms with Crippen molar-refractivity contribution in [3.8, 4) is 0 Å². The maximum Gasteiger partial charge on any atom is 0.241 e. The van der Waals surface area contributed by atoms with Crippen molar-refractivity contribution in [3.63, 3.8) is 0 Å². The first kappa shape index (κ1) is 14.3. The molecule has 0 aromatic rings. The van der Waals surface area contributed by atoms with Crippen LogP contribution >= 0.6 is 0 Å². The molecule has 2 atom stereocenters. The van der Waals surface area contributed by atoms with Gasteiger partial charge >= 0.3 is 0 Å². The fraction of sp³-hybridized carbons (Fsp3) is 0.929. The number of amides is 1. The molecule has 1 saturated carbocycles. The lowest BCUT2D eigenvalue weighted by molar-refractivity contribution is -0.139. The molecule has 0 N–H and O–H groups in total. The number of rotatable bonds is 3. The van der Waals surface area contributed by atoms with E-state index < -0.39 is 16.1 Å². The maximum absolute atomic E-state index is 12.6. The summed E-state index contributed by atoms with van der Waals surface area (Å²) in [6, 6.07) is -0.409. The molecular formula is C14H24N2O3S. The van der Waals surface area contributed by atoms with Crippen molar-refractivity contribution in [2.75, 3.05) is 18.8 Å². The van der Waals surface area contributed by atoms with Crippen molar-refractivity contribution in [2.24, 2.45) is 5.92 Å². The van der Waals surface area contributed by atoms with Crippen LogP contribution in [-0.2, 0) is 14.8 Å². The van der Waals surface area contributed by atoms with Gasteiger partial charge < -0.3 is 4.90 Å². The van der Waals surface area contributed by atoms with Gasteiger partial charge in [0.05, 0.1) is 5.75 Å². The summed E-state index contributed by atoms with van der Waals surface area (Å²) in [6.45, 7) is 3.04. The zero-order chi connectivity index (χ0) is 14.3. The SMILES string of the molecule is C[C@@H]1C(=O)N2CCC[C@@H]2CN1S(=O)(=O)CC1CCCC1. The quantitative estimate of drug-likeness (QED) is 0.787. The summed E-state index contributed by atoms with van der Waals surface area (Å²) >= 11 is 0. The summed E-state index contributed by atoms with van der Waals surface area (Å²) in [4.78, 5) is 14.2. The number of sulfonamides is 1. The van der Waals surface area contributed by atoms with E-state index in [-0.39, 0.29) is 17.7 Å². The molecule has 0 bridgehead atoms. The predicted molar refractivity (Wildman–Crippen MR) is 76.6 cm³/mol. The molecule has 20 heavy (non-hydrogen) atoms. The van der Waals surface area contributed by atoms with E-state index in [9.17, 15) is 13.2 Å². The summed E-state index contributed by atoms with van der Waals surface area (Å²) in [7, 11) is -3.30. The molecule has 3 fully saturated rings. The molecule has 2 heterocycles. The lowest BCUT2D eigenvalue weighted by Gasteiger charge is -2.40. The van der Waals surface area contributed by atoms with Crippen LogP contribution in [0.4, 0.5) is 0 Å². The first-order valence-corrected chi connectivity index (χ1v) is 9.40. The van der Waals surface area contributed by atoms with Crippen LogP contribution < -0.4 is 0 Å². The molecule has 3 rings (SSSR count). The van der Waals surface area contributed by atoms with Crippen LogP contribution in [0.15, 0.2) is 0 Å². The van der Waals surface area contributed by atoms with Crippen LogP contribution in [0.2, 0.25) is 0 Å². The number of carbonyl (C=O) groups is 1. The van der Waals surface area contributed by atoms with Gasteiger partial charge in [-0.25, -0.2) is 8.42 Å². The zero-order valence-electron chi connectivity index (χ0n) is 12.1. The highest BCUT2D eigenvalue weighted by Crippen LogP contribution is 2.31. The van der Waals surface area contributed by atoms with Crippen LogP contribution in [0.5, 0.6) is 0 Å². The Kier molecular flexibility index (Phi) is 3.79. The smallest absolute Gasteiger partial charge is 0.241 e. The summed E-state index contributed by atoms with van der Waals surface area (Å²) in [6.07, 6.45) is 6.26. The van der Waals surface area contributed by atoms with E-state index in [0.29, 0.717) is 12.5 Å². The van der Waals surface area contributed by atoms with Gasteiger partial charge in [-0.3, -0.25) is 4.79 Å². The fourth-order valence-corrected chi connectivity index (χ4v) is 6.06. The van der Waals surface area contributed by atoms with Crippen molar-refractivity contribution in [1.82, 2.24) is 9.21 Å². The number of carbonyl (C=O) groups excluding carboxylic acids is 1. The number of fused-ring (bicyclic) bond motifs is 1. The Hall–Kier alpha value is -0.620. The van der Waals surface area contributed by atoms with E-state index in [0.717, 1.165) is 45.1 Å². The van der Waals surface area contributed by atoms with Crippen LogP contribution in [0.1, 0.15) is 45.4 Å². The molecule has 6 heteroatoms. The number of hydrogen-bond acceptors (Lipinski definition) is 3. The van der Waals surface area contributed by atoms with Crippen LogP contribution in [0.25, 0.3) is 0 Å². The highest BCUT2D eigenvalue weighted by molar-refractivity contribution is 7.89. The molecule has 0 aromatic carbocycles. The van der Waals surface area contributed by atoms with Gasteiger partial charge in [-0.05, 0) is 38.5 Å². The highest BCUT2D eigenvalue weighted by Gasteiger charge is 2.45. The molecule has 0 radical (unpaired) electrons. The number of nitrogens with zero attached hydrogens (tertiary/aromatic N) is 2. The third-order valence-corrected chi connectivity index (χ3v) is 7.19. The third kappa shape index (κ3) is 2.48. The standard InChI is InChI=1S/C14H24N2O3S/c1-11-14(17)15-8-4-7-13(15)9-16(11)20(18,19)10-12-5-2-3-6-12/h11-13H,2-10H2,1H3/t11-,13-/m1/s1. The lowest BCUT2D eigenvalue weighted by atomic mass is 10.1. The Morgan fingerprint density at radius 2 is 1.85 bits per heavy atom. The normalized spacial score (nSPS) is 32.9. The second-order valence-electron chi connectivity index (χ2n) is 6.50. The van der Waals surface area contributed by atoms with E-state index >= 15 is 0 Å². The van der Waals surface area contributed by atoms with Gasteiger partial charge in [-0.2, -0.15) is 4.31 Å². The summed E-state index contributed by atoms with van der Waals surface area (Å²) < 4.78 is 26.8. The van der Waals surface area contributed by atoms with Gasteiger partial charge in [0.25, 0.3) is 0 Å². The molecule has 1 aliphatic carbocycles. The number of hydrogen-bond donors (Lipinski definition) is 0. The summed E-state index contributed by atoms with van der Waals surface area (Å²) in [5.41, 5.74) is 0. The van der Waals surface area contributed by atoms with Gasteiger partial charge in [0.15, 0.2) is 0 Å². The Balaban J connectivity index is 1.76. The van der Waals surface area contributed by atoms with E-state index in [1.165, 1.54) is 4.31 Å². The van der Waals surface area contributed by atoms with Gasteiger partial charge in [0, 0.05) is 19.1 Å². The maximum atomic E-state index is 12.6. The molecule has 2 aliphatic heterocycles. The Morgan fingerprint density at radius 3 is 2.55 bits per heavy atom. The van der Waals surface area contributed by atoms with E-state index in [1.54, 1.807) is 6.92 Å². The van der Waals surface area contributed by atoms with Crippen molar-refractivity contribution < 1.29 is 13.2 Å². The minimum absolute atomic E-state index is 0.00579. The monoisotopic (exact) mass is 300 g/mol. The summed E-state index contributed by atoms with van der Waals surface area (Å²) in [5, 5.41) is 0. The van der Waals surface area contributed by atoms with Crippen molar-refractivity contribution in [2.45, 2.75) is 57.5 Å². The second kappa shape index (κ2) is 5.30. The molecule has 0 spiro atoms.